The van der Waals surface area contributed by atoms with Crippen LogP contribution in [0.3, 0.4) is 0 Å². The van der Waals surface area contributed by atoms with Crippen molar-refractivity contribution in [1.82, 2.24) is 0 Å². The van der Waals surface area contributed by atoms with E-state index in [-0.39, 0.29) is 31.4 Å². The van der Waals surface area contributed by atoms with E-state index in [9.17, 15) is 9.59 Å². The molecule has 2 rings (SSSR count). The minimum Gasteiger partial charge on any atom is -0.461 e. The molecule has 0 spiro atoms. The monoisotopic (exact) mass is 262 g/mol. The van der Waals surface area contributed by atoms with Crippen molar-refractivity contribution in [2.45, 2.75) is 25.6 Å². The van der Waals surface area contributed by atoms with Gasteiger partial charge in [0.25, 0.3) is 5.95 Å². The first kappa shape index (κ1) is 13.1. The van der Waals surface area contributed by atoms with Gasteiger partial charge in [-0.15, -0.1) is 0 Å². The van der Waals surface area contributed by atoms with Crippen LogP contribution in [-0.2, 0) is 30.4 Å². The van der Waals surface area contributed by atoms with Gasteiger partial charge < -0.3 is 14.2 Å². The Morgan fingerprint density at radius 3 is 2.68 bits per heavy atom. The Morgan fingerprint density at radius 2 is 2.05 bits per heavy atom. The third-order valence-electron chi connectivity index (χ3n) is 2.60. The fourth-order valence-corrected chi connectivity index (χ4v) is 1.64. The number of rotatable bonds is 5. The van der Waals surface area contributed by atoms with Gasteiger partial charge in [0.1, 0.15) is 6.61 Å². The van der Waals surface area contributed by atoms with Crippen molar-refractivity contribution in [2.24, 2.45) is 0 Å². The van der Waals surface area contributed by atoms with Crippen molar-refractivity contribution >= 4 is 11.9 Å². The number of hydrogen-bond acceptors (Lipinski definition) is 5. The standard InChI is InChI=1S/C14H14O5/c1-10-18-12(14(16)19-10)7-8-13(15)17-9-11-5-3-2-4-6-11/h2-6,12H,1,7-9H2. The fraction of sp³-hybridized carbons (Fsp3) is 0.286. The predicted molar refractivity (Wildman–Crippen MR) is 65.6 cm³/mol. The van der Waals surface area contributed by atoms with E-state index in [1.54, 1.807) is 0 Å². The smallest absolute Gasteiger partial charge is 0.355 e. The maximum absolute atomic E-state index is 11.5. The van der Waals surface area contributed by atoms with Crippen LogP contribution in [0.5, 0.6) is 0 Å². The van der Waals surface area contributed by atoms with E-state index in [4.69, 9.17) is 9.47 Å². The Labute approximate surface area is 110 Å². The third-order valence-corrected chi connectivity index (χ3v) is 2.60. The number of ether oxygens (including phenoxy) is 3. The summed E-state index contributed by atoms with van der Waals surface area (Å²) >= 11 is 0. The van der Waals surface area contributed by atoms with Gasteiger partial charge in [-0.25, -0.2) is 4.79 Å². The first-order valence-corrected chi connectivity index (χ1v) is 5.92. The van der Waals surface area contributed by atoms with Crippen molar-refractivity contribution in [3.63, 3.8) is 0 Å². The molecule has 1 aliphatic rings. The number of esters is 2. The van der Waals surface area contributed by atoms with Crippen LogP contribution >= 0.6 is 0 Å². The first-order chi connectivity index (χ1) is 9.15. The van der Waals surface area contributed by atoms with Gasteiger partial charge >= 0.3 is 11.9 Å². The zero-order valence-corrected chi connectivity index (χ0v) is 10.3. The highest BCUT2D eigenvalue weighted by Crippen LogP contribution is 2.19. The lowest BCUT2D eigenvalue weighted by Gasteiger charge is -2.06. The molecule has 1 fully saturated rings. The minimum atomic E-state index is -0.753. The molecular formula is C14H14O5. The third kappa shape index (κ3) is 3.84. The largest absolute Gasteiger partial charge is 0.461 e. The van der Waals surface area contributed by atoms with Crippen LogP contribution in [0.1, 0.15) is 18.4 Å². The molecule has 0 bridgehead atoms. The lowest BCUT2D eigenvalue weighted by molar-refractivity contribution is -0.145. The molecule has 1 aromatic carbocycles. The zero-order chi connectivity index (χ0) is 13.7. The SMILES string of the molecule is C=C1OC(=O)C(CCC(=O)OCc2ccccc2)O1. The Morgan fingerprint density at radius 1 is 1.32 bits per heavy atom. The van der Waals surface area contributed by atoms with Crippen molar-refractivity contribution in [3.05, 3.63) is 48.4 Å². The quantitative estimate of drug-likeness (QED) is 0.759. The summed E-state index contributed by atoms with van der Waals surface area (Å²) in [5.74, 6) is -0.911. The fourth-order valence-electron chi connectivity index (χ4n) is 1.64. The van der Waals surface area contributed by atoms with Gasteiger partial charge in [0.15, 0.2) is 6.10 Å². The molecule has 1 atom stereocenters. The van der Waals surface area contributed by atoms with Crippen molar-refractivity contribution in [1.29, 1.82) is 0 Å². The van der Waals surface area contributed by atoms with Crippen molar-refractivity contribution < 1.29 is 23.8 Å². The number of carbonyl (C=O) groups excluding carboxylic acids is 2. The summed E-state index contributed by atoms with van der Waals surface area (Å²) in [7, 11) is 0. The summed E-state index contributed by atoms with van der Waals surface area (Å²) in [6.45, 7) is 3.60. The van der Waals surface area contributed by atoms with Crippen molar-refractivity contribution in [2.75, 3.05) is 0 Å². The van der Waals surface area contributed by atoms with Crippen LogP contribution < -0.4 is 0 Å². The lowest BCUT2D eigenvalue weighted by Crippen LogP contribution is -2.18. The Kier molecular flexibility index (Phi) is 4.18. The molecule has 5 nitrogen and oxygen atoms in total. The predicted octanol–water partition coefficient (Wildman–Crippen LogP) is 1.92. The van der Waals surface area contributed by atoms with Crippen LogP contribution in [0.4, 0.5) is 0 Å². The lowest BCUT2D eigenvalue weighted by atomic mass is 10.2. The topological polar surface area (TPSA) is 61.8 Å². The van der Waals surface area contributed by atoms with E-state index in [1.807, 2.05) is 30.3 Å². The molecule has 1 aliphatic heterocycles. The molecule has 0 N–H and O–H groups in total. The molecule has 19 heavy (non-hydrogen) atoms. The van der Waals surface area contributed by atoms with Gasteiger partial charge in [0.2, 0.25) is 0 Å². The zero-order valence-electron chi connectivity index (χ0n) is 10.3. The van der Waals surface area contributed by atoms with E-state index in [0.717, 1.165) is 5.56 Å². The van der Waals surface area contributed by atoms with Crippen LogP contribution in [0.25, 0.3) is 0 Å². The highest BCUT2D eigenvalue weighted by atomic mass is 16.7. The van der Waals surface area contributed by atoms with E-state index < -0.39 is 12.1 Å². The normalized spacial score (nSPS) is 17.8. The molecule has 0 aromatic heterocycles. The van der Waals surface area contributed by atoms with Crippen molar-refractivity contribution in [3.8, 4) is 0 Å². The van der Waals surface area contributed by atoms with Gasteiger partial charge in [-0.1, -0.05) is 30.3 Å². The Bertz CT molecular complexity index is 480. The Hall–Kier alpha value is -2.30. The van der Waals surface area contributed by atoms with E-state index in [1.165, 1.54) is 0 Å². The first-order valence-electron chi connectivity index (χ1n) is 5.92. The highest BCUT2D eigenvalue weighted by Gasteiger charge is 2.31. The molecule has 0 aliphatic carbocycles. The van der Waals surface area contributed by atoms with Gasteiger partial charge in [-0.05, 0) is 12.1 Å². The summed E-state index contributed by atoms with van der Waals surface area (Å²) in [6, 6.07) is 9.37. The van der Waals surface area contributed by atoms with Crippen LogP contribution in [0.2, 0.25) is 0 Å². The average molecular weight is 262 g/mol. The molecule has 0 saturated carbocycles. The highest BCUT2D eigenvalue weighted by molar-refractivity contribution is 5.78. The molecule has 0 radical (unpaired) electrons. The molecule has 1 unspecified atom stereocenters. The summed E-state index contributed by atoms with van der Waals surface area (Å²) in [5.41, 5.74) is 0.917. The molecule has 1 aromatic rings. The second-order valence-electron chi connectivity index (χ2n) is 4.08. The van der Waals surface area contributed by atoms with E-state index in [0.29, 0.717) is 0 Å². The molecular weight excluding hydrogens is 248 g/mol. The number of hydrogen-bond donors (Lipinski definition) is 0. The Balaban J connectivity index is 1.70. The number of carbonyl (C=O) groups is 2. The second kappa shape index (κ2) is 6.04. The van der Waals surface area contributed by atoms with Gasteiger partial charge in [0, 0.05) is 12.8 Å². The van der Waals surface area contributed by atoms with Gasteiger partial charge in [-0.2, -0.15) is 0 Å². The molecule has 0 amide bonds. The van der Waals surface area contributed by atoms with E-state index in [2.05, 4.69) is 11.3 Å². The molecule has 1 saturated heterocycles. The van der Waals surface area contributed by atoms with E-state index >= 15 is 0 Å². The maximum Gasteiger partial charge on any atom is 0.355 e. The van der Waals surface area contributed by atoms with Crippen LogP contribution in [0.15, 0.2) is 42.9 Å². The summed E-state index contributed by atoms with van der Waals surface area (Å²) in [4.78, 5) is 22.7. The van der Waals surface area contributed by atoms with Gasteiger partial charge in [-0.3, -0.25) is 4.79 Å². The summed E-state index contributed by atoms with van der Waals surface area (Å²) < 4.78 is 14.7. The minimum absolute atomic E-state index is 0.0207. The summed E-state index contributed by atoms with van der Waals surface area (Å²) in [6.07, 6.45) is -0.428. The van der Waals surface area contributed by atoms with Gasteiger partial charge in [0.05, 0.1) is 0 Å². The van der Waals surface area contributed by atoms with Crippen LogP contribution in [-0.4, -0.2) is 18.0 Å². The molecule has 100 valence electrons. The second-order valence-corrected chi connectivity index (χ2v) is 4.08. The maximum atomic E-state index is 11.5. The number of cyclic esters (lactones) is 1. The summed E-state index contributed by atoms with van der Waals surface area (Å²) in [5, 5.41) is 0. The molecule has 5 heteroatoms. The average Bonchev–Trinajstić information content (AvgIpc) is 2.73. The number of benzene rings is 1. The molecule has 1 heterocycles. The van der Waals surface area contributed by atoms with Crippen LogP contribution in [0, 0.1) is 0 Å².